The summed E-state index contributed by atoms with van der Waals surface area (Å²) in [6, 6.07) is 27.3. The molecule has 222 valence electrons. The monoisotopic (exact) mass is 600 g/mol. The van der Waals surface area contributed by atoms with E-state index in [1.165, 1.54) is 91.4 Å². The quantitative estimate of drug-likeness (QED) is 0.0567. The summed E-state index contributed by atoms with van der Waals surface area (Å²) in [5.41, 5.74) is 0. The third-order valence-corrected chi connectivity index (χ3v) is 10.1. The van der Waals surface area contributed by atoms with E-state index in [2.05, 4.69) is 91.5 Å². The van der Waals surface area contributed by atoms with E-state index in [1.807, 2.05) is 11.8 Å². The lowest BCUT2D eigenvalue weighted by molar-refractivity contribution is 0.0286. The molecular formula is C37H44O3S2. The SMILES string of the molecule is CCCCCCCCSc1c2cc3ccccc3cc2c(SCCOCCOCCOC)c2cc3ccccc3cc12. The van der Waals surface area contributed by atoms with Crippen LogP contribution in [-0.2, 0) is 14.2 Å². The highest BCUT2D eigenvalue weighted by Crippen LogP contribution is 2.45. The topological polar surface area (TPSA) is 27.7 Å². The zero-order valence-corrected chi connectivity index (χ0v) is 26.8. The Labute approximate surface area is 259 Å². The van der Waals surface area contributed by atoms with Crippen LogP contribution in [-0.4, -0.2) is 51.6 Å². The van der Waals surface area contributed by atoms with Crippen molar-refractivity contribution < 1.29 is 14.2 Å². The summed E-state index contributed by atoms with van der Waals surface area (Å²) in [5.74, 6) is 2.05. The molecule has 0 fully saturated rings. The van der Waals surface area contributed by atoms with Crippen molar-refractivity contribution in [3.05, 3.63) is 72.8 Å². The molecule has 0 saturated heterocycles. The van der Waals surface area contributed by atoms with Crippen molar-refractivity contribution >= 4 is 66.6 Å². The van der Waals surface area contributed by atoms with Gasteiger partial charge in [-0.3, -0.25) is 0 Å². The maximum atomic E-state index is 5.93. The predicted octanol–water partition coefficient (Wildman–Crippen LogP) is 10.5. The average molecular weight is 601 g/mol. The van der Waals surface area contributed by atoms with E-state index >= 15 is 0 Å². The third-order valence-electron chi connectivity index (χ3n) is 7.77. The van der Waals surface area contributed by atoms with Crippen LogP contribution in [0.15, 0.2) is 82.6 Å². The number of methoxy groups -OCH3 is 1. The number of thioether (sulfide) groups is 2. The minimum absolute atomic E-state index is 0.600. The maximum Gasteiger partial charge on any atom is 0.0701 e. The van der Waals surface area contributed by atoms with Crippen molar-refractivity contribution in [1.82, 2.24) is 0 Å². The van der Waals surface area contributed by atoms with Gasteiger partial charge in [0.1, 0.15) is 0 Å². The Morgan fingerprint density at radius 3 is 1.43 bits per heavy atom. The fourth-order valence-electron chi connectivity index (χ4n) is 5.56. The number of unbranched alkanes of at least 4 members (excludes halogenated alkanes) is 5. The van der Waals surface area contributed by atoms with Gasteiger partial charge < -0.3 is 14.2 Å². The van der Waals surface area contributed by atoms with Gasteiger partial charge in [0, 0.05) is 22.7 Å². The first-order valence-electron chi connectivity index (χ1n) is 15.5. The van der Waals surface area contributed by atoms with Gasteiger partial charge in [0.15, 0.2) is 0 Å². The number of hydrogen-bond donors (Lipinski definition) is 0. The van der Waals surface area contributed by atoms with Gasteiger partial charge in [-0.15, -0.1) is 23.5 Å². The van der Waals surface area contributed by atoms with Crippen molar-refractivity contribution in [2.75, 3.05) is 51.6 Å². The number of hydrogen-bond acceptors (Lipinski definition) is 5. The summed E-state index contributed by atoms with van der Waals surface area (Å²) in [4.78, 5) is 2.79. The molecule has 5 rings (SSSR count). The second-order valence-electron chi connectivity index (χ2n) is 10.8. The van der Waals surface area contributed by atoms with Crippen LogP contribution in [0, 0.1) is 0 Å². The molecule has 0 bridgehead atoms. The largest absolute Gasteiger partial charge is 0.382 e. The van der Waals surface area contributed by atoms with Gasteiger partial charge in [-0.05, 0) is 79.5 Å². The van der Waals surface area contributed by atoms with Crippen molar-refractivity contribution in [3.63, 3.8) is 0 Å². The number of rotatable bonds is 18. The minimum atomic E-state index is 0.600. The normalized spacial score (nSPS) is 11.9. The summed E-state index contributed by atoms with van der Waals surface area (Å²) < 4.78 is 16.5. The molecule has 0 aromatic heterocycles. The molecule has 0 heterocycles. The first kappa shape index (κ1) is 31.2. The summed E-state index contributed by atoms with van der Waals surface area (Å²) in [7, 11) is 1.69. The van der Waals surface area contributed by atoms with Gasteiger partial charge >= 0.3 is 0 Å². The number of ether oxygens (including phenoxy) is 3. The summed E-state index contributed by atoms with van der Waals surface area (Å²) in [6.45, 7) is 5.41. The van der Waals surface area contributed by atoms with Crippen molar-refractivity contribution in [1.29, 1.82) is 0 Å². The van der Waals surface area contributed by atoms with Crippen LogP contribution in [0.4, 0.5) is 0 Å². The highest BCUT2D eigenvalue weighted by Gasteiger charge is 2.17. The molecule has 5 aromatic rings. The van der Waals surface area contributed by atoms with Gasteiger partial charge in [0.05, 0.1) is 33.0 Å². The van der Waals surface area contributed by atoms with Crippen LogP contribution in [0.3, 0.4) is 0 Å². The molecule has 5 aromatic carbocycles. The summed E-state index contributed by atoms with van der Waals surface area (Å²) in [6.07, 6.45) is 7.95. The van der Waals surface area contributed by atoms with E-state index in [0.29, 0.717) is 33.0 Å². The maximum absolute atomic E-state index is 5.93. The second kappa shape index (κ2) is 16.5. The van der Waals surface area contributed by atoms with Gasteiger partial charge in [0.25, 0.3) is 0 Å². The van der Waals surface area contributed by atoms with E-state index in [0.717, 1.165) is 11.5 Å². The van der Waals surface area contributed by atoms with E-state index in [1.54, 1.807) is 7.11 Å². The van der Waals surface area contributed by atoms with Crippen molar-refractivity contribution in [3.8, 4) is 0 Å². The zero-order valence-electron chi connectivity index (χ0n) is 25.2. The van der Waals surface area contributed by atoms with Gasteiger partial charge in [-0.25, -0.2) is 0 Å². The molecule has 0 unspecified atom stereocenters. The standard InChI is InChI=1S/C37H44O3S2/c1-3-4-5-6-7-12-22-41-36-32-24-28-13-8-10-15-30(28)26-34(32)37(42-23-21-40-20-19-39-18-17-38-2)35-27-31-16-11-9-14-29(31)25-33(35)36/h8-11,13-16,24-27H,3-7,12,17-23H2,1-2H3. The van der Waals surface area contributed by atoms with E-state index in [-0.39, 0.29) is 0 Å². The van der Waals surface area contributed by atoms with Crippen molar-refractivity contribution in [2.24, 2.45) is 0 Å². The second-order valence-corrected chi connectivity index (χ2v) is 13.0. The van der Waals surface area contributed by atoms with Gasteiger partial charge in [-0.2, -0.15) is 0 Å². The number of fused-ring (bicyclic) bond motifs is 4. The van der Waals surface area contributed by atoms with E-state index in [4.69, 9.17) is 14.2 Å². The lowest BCUT2D eigenvalue weighted by Gasteiger charge is -2.18. The Bertz CT molecular complexity index is 1490. The van der Waals surface area contributed by atoms with Crippen LogP contribution >= 0.6 is 23.5 Å². The molecule has 0 aliphatic carbocycles. The fourth-order valence-corrected chi connectivity index (χ4v) is 7.81. The highest BCUT2D eigenvalue weighted by atomic mass is 32.2. The van der Waals surface area contributed by atoms with Gasteiger partial charge in [-0.1, -0.05) is 87.6 Å². The molecule has 0 atom stereocenters. The number of benzene rings is 5. The Morgan fingerprint density at radius 1 is 0.500 bits per heavy atom. The van der Waals surface area contributed by atoms with Crippen LogP contribution in [0.1, 0.15) is 45.4 Å². The molecule has 3 nitrogen and oxygen atoms in total. The third kappa shape index (κ3) is 8.00. The lowest BCUT2D eigenvalue weighted by atomic mass is 9.97. The first-order chi connectivity index (χ1) is 20.8. The first-order valence-corrected chi connectivity index (χ1v) is 17.5. The lowest BCUT2D eigenvalue weighted by Crippen LogP contribution is -2.09. The zero-order chi connectivity index (χ0) is 29.0. The predicted molar refractivity (Wildman–Crippen MR) is 185 cm³/mol. The van der Waals surface area contributed by atoms with Crippen LogP contribution in [0.25, 0.3) is 43.1 Å². The molecule has 0 aliphatic heterocycles. The average Bonchev–Trinajstić information content (AvgIpc) is 3.02. The molecular weight excluding hydrogens is 557 g/mol. The molecule has 5 heteroatoms. The van der Waals surface area contributed by atoms with Crippen LogP contribution < -0.4 is 0 Å². The molecule has 42 heavy (non-hydrogen) atoms. The molecule has 0 spiro atoms. The van der Waals surface area contributed by atoms with Crippen LogP contribution in [0.2, 0.25) is 0 Å². The molecule has 0 amide bonds. The smallest absolute Gasteiger partial charge is 0.0701 e. The van der Waals surface area contributed by atoms with E-state index in [9.17, 15) is 0 Å². The molecule has 0 radical (unpaired) electrons. The Morgan fingerprint density at radius 2 is 0.929 bits per heavy atom. The molecule has 0 N–H and O–H groups in total. The Kier molecular flexibility index (Phi) is 12.3. The fraction of sp³-hybridized carbons (Fsp3) is 0.405. The minimum Gasteiger partial charge on any atom is -0.382 e. The van der Waals surface area contributed by atoms with Gasteiger partial charge in [0.2, 0.25) is 0 Å². The Hall–Kier alpha value is -2.28. The van der Waals surface area contributed by atoms with E-state index < -0.39 is 0 Å². The Balaban J connectivity index is 1.47. The highest BCUT2D eigenvalue weighted by molar-refractivity contribution is 8.00. The van der Waals surface area contributed by atoms with Crippen LogP contribution in [0.5, 0.6) is 0 Å². The molecule has 0 saturated carbocycles. The molecule has 0 aliphatic rings. The summed E-state index contributed by atoms with van der Waals surface area (Å²) in [5, 5.41) is 10.7. The summed E-state index contributed by atoms with van der Waals surface area (Å²) >= 11 is 3.98. The van der Waals surface area contributed by atoms with Crippen molar-refractivity contribution in [2.45, 2.75) is 55.2 Å².